The van der Waals surface area contributed by atoms with E-state index in [0.717, 1.165) is 18.8 Å². The minimum Gasteiger partial charge on any atom is -0.298 e. The van der Waals surface area contributed by atoms with E-state index in [4.69, 9.17) is 11.6 Å². The molecule has 0 saturated heterocycles. The van der Waals surface area contributed by atoms with Gasteiger partial charge in [0, 0.05) is 6.42 Å². The van der Waals surface area contributed by atoms with E-state index in [2.05, 4.69) is 0 Å². The van der Waals surface area contributed by atoms with Crippen molar-refractivity contribution in [2.75, 3.05) is 0 Å². The van der Waals surface area contributed by atoms with Gasteiger partial charge in [-0.3, -0.25) is 4.79 Å². The van der Waals surface area contributed by atoms with E-state index in [1.165, 1.54) is 19.3 Å². The Labute approximate surface area is 72.1 Å². The van der Waals surface area contributed by atoms with E-state index >= 15 is 0 Å². The van der Waals surface area contributed by atoms with Crippen LogP contribution in [0.4, 0.5) is 0 Å². The van der Waals surface area contributed by atoms with Crippen molar-refractivity contribution in [3.8, 4) is 0 Å². The largest absolute Gasteiger partial charge is 0.298 e. The molecule has 2 heteroatoms. The number of fused-ring (bicyclic) bond motifs is 1. The molecule has 0 aromatic rings. The molecular weight excluding hydrogens is 160 g/mol. The van der Waals surface area contributed by atoms with Crippen molar-refractivity contribution in [3.05, 3.63) is 0 Å². The number of carbonyl (C=O) groups is 1. The summed E-state index contributed by atoms with van der Waals surface area (Å²) in [6.45, 7) is 0. The van der Waals surface area contributed by atoms with Gasteiger partial charge in [-0.15, -0.1) is 11.6 Å². The van der Waals surface area contributed by atoms with Crippen LogP contribution in [0.3, 0.4) is 0 Å². The highest BCUT2D eigenvalue weighted by Crippen LogP contribution is 2.42. The van der Waals surface area contributed by atoms with Crippen LogP contribution in [0.2, 0.25) is 0 Å². The molecule has 0 aromatic heterocycles. The summed E-state index contributed by atoms with van der Waals surface area (Å²) in [5, 5.41) is -0.158. The van der Waals surface area contributed by atoms with Gasteiger partial charge in [0.2, 0.25) is 0 Å². The van der Waals surface area contributed by atoms with E-state index in [1.807, 2.05) is 0 Å². The molecular formula is C9H13ClO. The SMILES string of the molecule is O=C1C[C@@H]2CCC[C@H]2C[C@@H]1Cl. The predicted molar refractivity (Wildman–Crippen MR) is 44.7 cm³/mol. The number of rotatable bonds is 0. The molecule has 0 bridgehead atoms. The Bertz CT molecular complexity index is 178. The molecule has 2 rings (SSSR count). The highest BCUT2D eigenvalue weighted by atomic mass is 35.5. The lowest BCUT2D eigenvalue weighted by Crippen LogP contribution is -2.29. The smallest absolute Gasteiger partial charge is 0.150 e. The van der Waals surface area contributed by atoms with Gasteiger partial charge in [0.1, 0.15) is 0 Å². The Kier molecular flexibility index (Phi) is 1.92. The van der Waals surface area contributed by atoms with E-state index < -0.39 is 0 Å². The highest BCUT2D eigenvalue weighted by Gasteiger charge is 2.37. The number of alkyl halides is 1. The summed E-state index contributed by atoms with van der Waals surface area (Å²) in [6, 6.07) is 0. The highest BCUT2D eigenvalue weighted by molar-refractivity contribution is 6.31. The van der Waals surface area contributed by atoms with Crippen LogP contribution in [0.1, 0.15) is 32.1 Å². The summed E-state index contributed by atoms with van der Waals surface area (Å²) in [6.07, 6.45) is 5.59. The van der Waals surface area contributed by atoms with Gasteiger partial charge in [0.25, 0.3) is 0 Å². The van der Waals surface area contributed by atoms with Gasteiger partial charge in [-0.05, 0) is 24.7 Å². The predicted octanol–water partition coefficient (Wildman–Crippen LogP) is 2.37. The average molecular weight is 173 g/mol. The summed E-state index contributed by atoms with van der Waals surface area (Å²) >= 11 is 5.88. The molecule has 0 amide bonds. The summed E-state index contributed by atoms with van der Waals surface area (Å²) in [4.78, 5) is 11.2. The van der Waals surface area contributed by atoms with Crippen LogP contribution >= 0.6 is 11.6 Å². The molecule has 0 spiro atoms. The first-order valence-corrected chi connectivity index (χ1v) is 4.88. The summed E-state index contributed by atoms with van der Waals surface area (Å²) in [5.74, 6) is 1.75. The van der Waals surface area contributed by atoms with Gasteiger partial charge < -0.3 is 0 Å². The molecule has 0 unspecified atom stereocenters. The summed E-state index contributed by atoms with van der Waals surface area (Å²) < 4.78 is 0. The molecule has 0 heterocycles. The topological polar surface area (TPSA) is 17.1 Å². The van der Waals surface area contributed by atoms with Crippen molar-refractivity contribution >= 4 is 17.4 Å². The van der Waals surface area contributed by atoms with Gasteiger partial charge in [-0.25, -0.2) is 0 Å². The maximum Gasteiger partial charge on any atom is 0.150 e. The second-order valence-corrected chi connectivity index (χ2v) is 4.35. The molecule has 2 fully saturated rings. The molecule has 0 aromatic carbocycles. The Morgan fingerprint density at radius 1 is 1.27 bits per heavy atom. The van der Waals surface area contributed by atoms with Crippen molar-refractivity contribution < 1.29 is 4.79 Å². The molecule has 3 atom stereocenters. The Morgan fingerprint density at radius 2 is 2.00 bits per heavy atom. The van der Waals surface area contributed by atoms with E-state index in [0.29, 0.717) is 5.92 Å². The van der Waals surface area contributed by atoms with Crippen LogP contribution in [0.5, 0.6) is 0 Å². The fraction of sp³-hybridized carbons (Fsp3) is 0.889. The summed E-state index contributed by atoms with van der Waals surface area (Å²) in [7, 11) is 0. The third-order valence-corrected chi connectivity index (χ3v) is 3.56. The molecule has 2 aliphatic carbocycles. The van der Waals surface area contributed by atoms with Crippen LogP contribution in [0, 0.1) is 11.8 Å². The van der Waals surface area contributed by atoms with Crippen molar-refractivity contribution in [2.24, 2.45) is 11.8 Å². The lowest BCUT2D eigenvalue weighted by atomic mass is 9.81. The monoisotopic (exact) mass is 172 g/mol. The molecule has 0 N–H and O–H groups in total. The first kappa shape index (κ1) is 7.60. The van der Waals surface area contributed by atoms with Crippen LogP contribution in [-0.2, 0) is 4.79 Å². The van der Waals surface area contributed by atoms with Crippen molar-refractivity contribution in [1.29, 1.82) is 0 Å². The third kappa shape index (κ3) is 1.31. The minimum absolute atomic E-state index is 0.158. The first-order chi connectivity index (χ1) is 5.27. The Hall–Kier alpha value is -0.0400. The van der Waals surface area contributed by atoms with Crippen molar-refractivity contribution in [3.63, 3.8) is 0 Å². The molecule has 11 heavy (non-hydrogen) atoms. The van der Waals surface area contributed by atoms with Gasteiger partial charge >= 0.3 is 0 Å². The molecule has 0 radical (unpaired) electrons. The Balaban J connectivity index is 2.06. The first-order valence-electron chi connectivity index (χ1n) is 4.44. The normalized spacial score (nSPS) is 44.1. The van der Waals surface area contributed by atoms with Crippen LogP contribution in [0.25, 0.3) is 0 Å². The quantitative estimate of drug-likeness (QED) is 0.513. The number of halogens is 1. The van der Waals surface area contributed by atoms with Crippen molar-refractivity contribution in [2.45, 2.75) is 37.5 Å². The lowest BCUT2D eigenvalue weighted by Gasteiger charge is -2.27. The second-order valence-electron chi connectivity index (χ2n) is 3.82. The number of carbonyl (C=O) groups excluding carboxylic acids is 1. The molecule has 2 saturated carbocycles. The van der Waals surface area contributed by atoms with Crippen molar-refractivity contribution in [1.82, 2.24) is 0 Å². The number of hydrogen-bond donors (Lipinski definition) is 0. The van der Waals surface area contributed by atoms with Crippen LogP contribution < -0.4 is 0 Å². The minimum atomic E-state index is -0.158. The number of Topliss-reactive ketones (excluding diaryl/α,β-unsaturated/α-hetero) is 1. The molecule has 1 nitrogen and oxygen atoms in total. The van der Waals surface area contributed by atoms with Gasteiger partial charge in [-0.2, -0.15) is 0 Å². The van der Waals surface area contributed by atoms with Gasteiger partial charge in [0.15, 0.2) is 5.78 Å². The number of hydrogen-bond acceptors (Lipinski definition) is 1. The maximum atomic E-state index is 11.2. The van der Waals surface area contributed by atoms with Gasteiger partial charge in [-0.1, -0.05) is 12.8 Å². The van der Waals surface area contributed by atoms with Gasteiger partial charge in [0.05, 0.1) is 5.38 Å². The third-order valence-electron chi connectivity index (χ3n) is 3.14. The van der Waals surface area contributed by atoms with E-state index in [-0.39, 0.29) is 11.2 Å². The van der Waals surface area contributed by atoms with Crippen LogP contribution in [0.15, 0.2) is 0 Å². The fourth-order valence-electron chi connectivity index (χ4n) is 2.48. The zero-order valence-corrected chi connectivity index (χ0v) is 7.31. The second kappa shape index (κ2) is 2.78. The summed E-state index contributed by atoms with van der Waals surface area (Å²) in [5.41, 5.74) is 0. The molecule has 0 aliphatic heterocycles. The Morgan fingerprint density at radius 3 is 2.82 bits per heavy atom. The maximum absolute atomic E-state index is 11.2. The fourth-order valence-corrected chi connectivity index (χ4v) is 2.79. The van der Waals surface area contributed by atoms with E-state index in [9.17, 15) is 4.79 Å². The van der Waals surface area contributed by atoms with Crippen LogP contribution in [-0.4, -0.2) is 11.2 Å². The molecule has 62 valence electrons. The van der Waals surface area contributed by atoms with E-state index in [1.54, 1.807) is 0 Å². The molecule has 2 aliphatic rings. The zero-order chi connectivity index (χ0) is 7.84. The lowest BCUT2D eigenvalue weighted by molar-refractivity contribution is -0.121. The number of ketones is 1. The zero-order valence-electron chi connectivity index (χ0n) is 6.55. The standard InChI is InChI=1S/C9H13ClO/c10-8-4-6-2-1-3-7(6)5-9(8)11/h6-8H,1-5H2/t6-,7-,8-/m0/s1. The average Bonchev–Trinajstić information content (AvgIpc) is 2.36.